The summed E-state index contributed by atoms with van der Waals surface area (Å²) in [7, 11) is 0. The van der Waals surface area contributed by atoms with Crippen molar-refractivity contribution in [3.05, 3.63) is 66.0 Å². The largest absolute Gasteiger partial charge is 0.481 e. The van der Waals surface area contributed by atoms with E-state index in [1.54, 1.807) is 6.92 Å². The summed E-state index contributed by atoms with van der Waals surface area (Å²) in [5.74, 6) is -1.68. The van der Waals surface area contributed by atoms with E-state index in [0.29, 0.717) is 11.3 Å². The topological polar surface area (TPSA) is 83.0 Å². The van der Waals surface area contributed by atoms with Crippen molar-refractivity contribution in [1.29, 1.82) is 0 Å². The number of hydrogen-bond donors (Lipinski definition) is 3. The van der Waals surface area contributed by atoms with Crippen molar-refractivity contribution in [2.75, 3.05) is 0 Å². The van der Waals surface area contributed by atoms with E-state index < -0.39 is 22.4 Å². The van der Waals surface area contributed by atoms with Gasteiger partial charge in [0.2, 0.25) is 0 Å². The predicted octanol–water partition coefficient (Wildman–Crippen LogP) is 3.83. The number of carboxylic acid groups (broad SMARTS) is 1. The van der Waals surface area contributed by atoms with E-state index in [2.05, 4.69) is 22.6 Å². The number of carbonyl (C=O) groups is 2. The third-order valence-electron chi connectivity index (χ3n) is 4.90. The minimum atomic E-state index is -1.34. The molecule has 2 aromatic carbocycles. The van der Waals surface area contributed by atoms with Gasteiger partial charge < -0.3 is 10.1 Å². The molecule has 3 aromatic rings. The van der Waals surface area contributed by atoms with Crippen LogP contribution < -0.4 is 0 Å². The van der Waals surface area contributed by atoms with Gasteiger partial charge in [-0.15, -0.1) is 12.6 Å². The Labute approximate surface area is 156 Å². The van der Waals surface area contributed by atoms with Crippen molar-refractivity contribution in [2.24, 2.45) is 5.41 Å². The van der Waals surface area contributed by atoms with Crippen molar-refractivity contribution in [3.63, 3.8) is 0 Å². The van der Waals surface area contributed by atoms with E-state index in [4.69, 9.17) is 0 Å². The summed E-state index contributed by atoms with van der Waals surface area (Å²) >= 11 is 4.03. The lowest BCUT2D eigenvalue weighted by atomic mass is 9.69. The normalized spacial score (nSPS) is 14.7. The molecule has 0 spiro atoms. The SMILES string of the molecule is CCC(Cc1ccccc1)(C(=O)O)C(C(=O)S)c1nc2ccccc2[nH]1. The van der Waals surface area contributed by atoms with Crippen LogP contribution in [0, 0.1) is 5.41 Å². The number of para-hydroxylation sites is 2. The van der Waals surface area contributed by atoms with E-state index >= 15 is 0 Å². The molecule has 0 saturated heterocycles. The highest BCUT2D eigenvalue weighted by Crippen LogP contribution is 2.43. The van der Waals surface area contributed by atoms with Crippen molar-refractivity contribution >= 4 is 34.7 Å². The van der Waals surface area contributed by atoms with Crippen LogP contribution in [0.5, 0.6) is 0 Å². The summed E-state index contributed by atoms with van der Waals surface area (Å²) in [5.41, 5.74) is 0.968. The Balaban J connectivity index is 2.14. The highest BCUT2D eigenvalue weighted by Gasteiger charge is 2.49. The van der Waals surface area contributed by atoms with Gasteiger partial charge in [0, 0.05) is 0 Å². The summed E-state index contributed by atoms with van der Waals surface area (Å²) in [5, 5.41) is 9.60. The molecule has 0 amide bonds. The highest BCUT2D eigenvalue weighted by molar-refractivity contribution is 7.96. The second-order valence-electron chi connectivity index (χ2n) is 6.39. The number of fused-ring (bicyclic) bond motifs is 1. The monoisotopic (exact) mass is 368 g/mol. The van der Waals surface area contributed by atoms with Gasteiger partial charge in [0.15, 0.2) is 5.12 Å². The molecule has 1 heterocycles. The lowest BCUT2D eigenvalue weighted by Gasteiger charge is -2.33. The molecular weight excluding hydrogens is 348 g/mol. The first-order valence-corrected chi connectivity index (χ1v) is 8.87. The van der Waals surface area contributed by atoms with E-state index in [0.717, 1.165) is 11.1 Å². The first-order chi connectivity index (χ1) is 12.5. The Bertz CT molecular complexity index is 905. The number of aliphatic carboxylic acids is 1. The van der Waals surface area contributed by atoms with E-state index in [9.17, 15) is 14.7 Å². The Hall–Kier alpha value is -2.60. The molecule has 0 aliphatic carbocycles. The minimum absolute atomic E-state index is 0.216. The second-order valence-corrected chi connectivity index (χ2v) is 6.83. The first kappa shape index (κ1) is 18.2. The fourth-order valence-corrected chi connectivity index (χ4v) is 3.84. The number of hydrogen-bond acceptors (Lipinski definition) is 3. The zero-order valence-electron chi connectivity index (χ0n) is 14.3. The van der Waals surface area contributed by atoms with E-state index in [1.807, 2.05) is 54.6 Å². The van der Waals surface area contributed by atoms with Crippen molar-refractivity contribution in [1.82, 2.24) is 9.97 Å². The first-order valence-electron chi connectivity index (χ1n) is 8.42. The number of carboxylic acids is 1. The van der Waals surface area contributed by atoms with Crippen LogP contribution in [0.1, 0.15) is 30.7 Å². The number of rotatable bonds is 7. The van der Waals surface area contributed by atoms with Crippen molar-refractivity contribution < 1.29 is 14.7 Å². The number of carbonyl (C=O) groups excluding carboxylic acids is 1. The molecule has 0 radical (unpaired) electrons. The lowest BCUT2D eigenvalue weighted by molar-refractivity contribution is -0.152. The van der Waals surface area contributed by atoms with Gasteiger partial charge in [0.1, 0.15) is 11.7 Å². The molecule has 3 rings (SSSR count). The Morgan fingerprint density at radius 3 is 2.38 bits per heavy atom. The van der Waals surface area contributed by atoms with Crippen LogP contribution in [0.25, 0.3) is 11.0 Å². The van der Waals surface area contributed by atoms with Crippen LogP contribution in [-0.4, -0.2) is 26.2 Å². The molecule has 0 aliphatic heterocycles. The number of aromatic amines is 1. The highest BCUT2D eigenvalue weighted by atomic mass is 32.1. The van der Waals surface area contributed by atoms with Crippen LogP contribution in [0.15, 0.2) is 54.6 Å². The van der Waals surface area contributed by atoms with Gasteiger partial charge >= 0.3 is 5.97 Å². The maximum atomic E-state index is 12.5. The standard InChI is InChI=1S/C20H20N2O3S/c1-2-20(19(24)25,12-13-8-4-3-5-9-13)16(18(23)26)17-21-14-10-6-7-11-15(14)22-17/h3-11,16H,2,12H2,1H3,(H,21,22)(H,23,26)(H,24,25). The number of aromatic nitrogens is 2. The number of nitrogens with one attached hydrogen (secondary N) is 1. The van der Waals surface area contributed by atoms with Gasteiger partial charge in [-0.25, -0.2) is 4.98 Å². The number of benzene rings is 2. The Morgan fingerprint density at radius 2 is 1.81 bits per heavy atom. The Kier molecular flexibility index (Phi) is 5.13. The Morgan fingerprint density at radius 1 is 1.15 bits per heavy atom. The summed E-state index contributed by atoms with van der Waals surface area (Å²) < 4.78 is 0. The molecule has 2 atom stereocenters. The maximum absolute atomic E-state index is 12.5. The third kappa shape index (κ3) is 3.24. The van der Waals surface area contributed by atoms with Gasteiger partial charge in [-0.3, -0.25) is 9.59 Å². The summed E-state index contributed by atoms with van der Waals surface area (Å²) in [6, 6.07) is 16.7. The molecule has 134 valence electrons. The minimum Gasteiger partial charge on any atom is -0.481 e. The van der Waals surface area contributed by atoms with Gasteiger partial charge in [-0.05, 0) is 30.5 Å². The maximum Gasteiger partial charge on any atom is 0.311 e. The molecule has 5 nitrogen and oxygen atoms in total. The zero-order chi connectivity index (χ0) is 18.7. The average Bonchev–Trinajstić information content (AvgIpc) is 3.04. The fraction of sp³-hybridized carbons (Fsp3) is 0.250. The van der Waals surface area contributed by atoms with Gasteiger partial charge in [0.05, 0.1) is 16.4 Å². The van der Waals surface area contributed by atoms with Gasteiger partial charge in [0.25, 0.3) is 0 Å². The van der Waals surface area contributed by atoms with Crippen molar-refractivity contribution in [2.45, 2.75) is 25.7 Å². The predicted molar refractivity (Wildman–Crippen MR) is 103 cm³/mol. The van der Waals surface area contributed by atoms with Gasteiger partial charge in [-0.2, -0.15) is 0 Å². The van der Waals surface area contributed by atoms with Crippen LogP contribution in [0.2, 0.25) is 0 Å². The van der Waals surface area contributed by atoms with Crippen LogP contribution in [0.3, 0.4) is 0 Å². The van der Waals surface area contributed by atoms with Crippen molar-refractivity contribution in [3.8, 4) is 0 Å². The zero-order valence-corrected chi connectivity index (χ0v) is 15.2. The molecular formula is C20H20N2O3S. The molecule has 0 bridgehead atoms. The molecule has 0 aliphatic rings. The second kappa shape index (κ2) is 7.33. The molecule has 26 heavy (non-hydrogen) atoms. The number of nitrogens with zero attached hydrogens (tertiary/aromatic N) is 1. The van der Waals surface area contributed by atoms with Crippen LogP contribution in [-0.2, 0) is 16.0 Å². The van der Waals surface area contributed by atoms with Gasteiger partial charge in [-0.1, -0.05) is 49.4 Å². The smallest absolute Gasteiger partial charge is 0.311 e. The molecule has 6 heteroatoms. The van der Waals surface area contributed by atoms with Crippen LogP contribution >= 0.6 is 12.6 Å². The van der Waals surface area contributed by atoms with E-state index in [-0.39, 0.29) is 12.8 Å². The third-order valence-corrected chi connectivity index (χ3v) is 5.16. The van der Waals surface area contributed by atoms with Crippen LogP contribution in [0.4, 0.5) is 0 Å². The summed E-state index contributed by atoms with van der Waals surface area (Å²) in [4.78, 5) is 32.4. The fourth-order valence-electron chi connectivity index (χ4n) is 3.47. The molecule has 0 fully saturated rings. The summed E-state index contributed by atoms with van der Waals surface area (Å²) in [6.07, 6.45) is 0.485. The average molecular weight is 368 g/mol. The molecule has 2 unspecified atom stereocenters. The quantitative estimate of drug-likeness (QED) is 0.554. The van der Waals surface area contributed by atoms with E-state index in [1.165, 1.54) is 0 Å². The molecule has 1 aromatic heterocycles. The molecule has 0 saturated carbocycles. The lowest BCUT2D eigenvalue weighted by Crippen LogP contribution is -2.42. The number of thiol groups is 1. The number of H-pyrrole nitrogens is 1. The molecule has 2 N–H and O–H groups in total. The summed E-state index contributed by atoms with van der Waals surface area (Å²) in [6.45, 7) is 1.78. The number of imidazole rings is 1.